The lowest BCUT2D eigenvalue weighted by atomic mass is 10.2. The molecule has 3 rings (SSSR count). The summed E-state index contributed by atoms with van der Waals surface area (Å²) in [6.45, 7) is 6.26. The molecule has 1 aliphatic heterocycles. The molecule has 2 heterocycles. The average Bonchev–Trinajstić information content (AvgIpc) is 2.58. The largest absolute Gasteiger partial charge is 0.378 e. The number of sulfonamides is 1. The zero-order valence-electron chi connectivity index (χ0n) is 14.7. The molecule has 0 atom stereocenters. The van der Waals surface area contributed by atoms with Gasteiger partial charge < -0.3 is 9.64 Å². The molecule has 7 nitrogen and oxygen atoms in total. The molecular weight excluding hydrogens is 376 g/mol. The van der Waals surface area contributed by atoms with Gasteiger partial charge in [-0.1, -0.05) is 23.7 Å². The first-order chi connectivity index (χ1) is 12.3. The van der Waals surface area contributed by atoms with Crippen molar-refractivity contribution in [2.75, 3.05) is 35.9 Å². The van der Waals surface area contributed by atoms with Gasteiger partial charge in [-0.15, -0.1) is 0 Å². The van der Waals surface area contributed by atoms with Crippen molar-refractivity contribution in [1.82, 2.24) is 9.97 Å². The monoisotopic (exact) mass is 396 g/mol. The zero-order valence-corrected chi connectivity index (χ0v) is 16.3. The van der Waals surface area contributed by atoms with Gasteiger partial charge in [-0.05, 0) is 31.5 Å². The molecule has 1 fully saturated rings. The van der Waals surface area contributed by atoms with Gasteiger partial charge in [0.1, 0.15) is 0 Å². The average molecular weight is 397 g/mol. The number of anilines is 2. The predicted octanol–water partition coefficient (Wildman–Crippen LogP) is 2.53. The van der Waals surface area contributed by atoms with Crippen LogP contribution in [0.25, 0.3) is 0 Å². The lowest BCUT2D eigenvalue weighted by Crippen LogP contribution is -2.37. The first-order valence-electron chi connectivity index (χ1n) is 8.27. The number of ether oxygens (including phenoxy) is 1. The van der Waals surface area contributed by atoms with Crippen molar-refractivity contribution in [3.05, 3.63) is 46.2 Å². The number of morpholine rings is 1. The molecule has 0 bridgehead atoms. The molecular formula is C17H21ClN4O3S. The highest BCUT2D eigenvalue weighted by Crippen LogP contribution is 2.23. The molecule has 26 heavy (non-hydrogen) atoms. The maximum absolute atomic E-state index is 12.5. The highest BCUT2D eigenvalue weighted by atomic mass is 35.5. The number of aryl methyl sites for hydroxylation is 2. The normalized spacial score (nSPS) is 15.1. The van der Waals surface area contributed by atoms with E-state index in [1.807, 2.05) is 4.90 Å². The number of hydrogen-bond donors (Lipinski definition) is 1. The summed E-state index contributed by atoms with van der Waals surface area (Å²) < 4.78 is 33.0. The van der Waals surface area contributed by atoms with Gasteiger partial charge >= 0.3 is 0 Å². The van der Waals surface area contributed by atoms with Gasteiger partial charge in [-0.3, -0.25) is 4.72 Å². The van der Waals surface area contributed by atoms with Crippen LogP contribution in [0, 0.1) is 13.8 Å². The Kier molecular flexibility index (Phi) is 5.64. The highest BCUT2D eigenvalue weighted by Gasteiger charge is 2.20. The molecule has 0 radical (unpaired) electrons. The maximum Gasteiger partial charge on any atom is 0.237 e. The van der Waals surface area contributed by atoms with Crippen molar-refractivity contribution in [1.29, 1.82) is 0 Å². The van der Waals surface area contributed by atoms with Crippen molar-refractivity contribution >= 4 is 33.3 Å². The fraction of sp³-hybridized carbons (Fsp3) is 0.412. The van der Waals surface area contributed by atoms with Gasteiger partial charge in [-0.25, -0.2) is 18.4 Å². The van der Waals surface area contributed by atoms with Gasteiger partial charge in [0.05, 0.1) is 36.0 Å². The Morgan fingerprint density at radius 1 is 1.19 bits per heavy atom. The number of nitrogens with one attached hydrogen (secondary N) is 1. The zero-order chi connectivity index (χ0) is 18.7. The van der Waals surface area contributed by atoms with Crippen LogP contribution < -0.4 is 9.62 Å². The number of hydrogen-bond acceptors (Lipinski definition) is 6. The Morgan fingerprint density at radius 3 is 2.46 bits per heavy atom. The summed E-state index contributed by atoms with van der Waals surface area (Å²) in [6, 6.07) is 6.79. The topological polar surface area (TPSA) is 84.4 Å². The minimum atomic E-state index is -3.61. The summed E-state index contributed by atoms with van der Waals surface area (Å²) in [5, 5.41) is 0.503. The number of aromatic nitrogens is 2. The minimum absolute atomic E-state index is 0.169. The molecule has 0 aliphatic carbocycles. The Balaban J connectivity index is 1.80. The van der Waals surface area contributed by atoms with E-state index in [9.17, 15) is 8.42 Å². The second-order valence-electron chi connectivity index (χ2n) is 6.16. The maximum atomic E-state index is 12.5. The standard InChI is InChI=1S/C17H21ClN4O3S/c1-12-16(13(2)20-17(19-12)22-6-8-25-9-7-22)21-26(23,24)11-14-4-3-5-15(18)10-14/h3-5,10,21H,6-9,11H2,1-2H3. The summed E-state index contributed by atoms with van der Waals surface area (Å²) in [4.78, 5) is 11.0. The Morgan fingerprint density at radius 2 is 1.85 bits per heavy atom. The molecule has 0 unspecified atom stereocenters. The molecule has 9 heteroatoms. The summed E-state index contributed by atoms with van der Waals surface area (Å²) in [5.41, 5.74) is 2.22. The van der Waals surface area contributed by atoms with Crippen LogP contribution in [0.15, 0.2) is 24.3 Å². The van der Waals surface area contributed by atoms with Crippen LogP contribution in [0.5, 0.6) is 0 Å². The van der Waals surface area contributed by atoms with E-state index in [1.165, 1.54) is 0 Å². The molecule has 140 valence electrons. The number of benzene rings is 1. The molecule has 1 N–H and O–H groups in total. The second-order valence-corrected chi connectivity index (χ2v) is 8.32. The molecule has 1 saturated heterocycles. The minimum Gasteiger partial charge on any atom is -0.378 e. The predicted molar refractivity (Wildman–Crippen MR) is 102 cm³/mol. The Labute approximate surface area is 158 Å². The van der Waals surface area contributed by atoms with Crippen molar-refractivity contribution in [2.24, 2.45) is 0 Å². The SMILES string of the molecule is Cc1nc(N2CCOCC2)nc(C)c1NS(=O)(=O)Cc1cccc(Cl)c1. The van der Waals surface area contributed by atoms with Crippen molar-refractivity contribution in [3.8, 4) is 0 Å². The third-order valence-corrected chi connectivity index (χ3v) is 5.52. The van der Waals surface area contributed by atoms with Crippen molar-refractivity contribution in [3.63, 3.8) is 0 Å². The summed E-state index contributed by atoms with van der Waals surface area (Å²) in [5.74, 6) is 0.429. The fourth-order valence-corrected chi connectivity index (χ4v) is 4.30. The molecule has 0 amide bonds. The van der Waals surface area contributed by atoms with Crippen LogP contribution in [0.4, 0.5) is 11.6 Å². The van der Waals surface area contributed by atoms with E-state index in [2.05, 4.69) is 14.7 Å². The van der Waals surface area contributed by atoms with Crippen LogP contribution in [0.2, 0.25) is 5.02 Å². The van der Waals surface area contributed by atoms with E-state index in [0.29, 0.717) is 46.8 Å². The van der Waals surface area contributed by atoms with Crippen LogP contribution in [0.1, 0.15) is 17.0 Å². The molecule has 1 aliphatic rings. The molecule has 1 aromatic heterocycles. The number of nitrogens with zero attached hydrogens (tertiary/aromatic N) is 3. The third kappa shape index (κ3) is 4.63. The summed E-state index contributed by atoms with van der Waals surface area (Å²) >= 11 is 5.93. The smallest absolute Gasteiger partial charge is 0.237 e. The number of halogens is 1. The van der Waals surface area contributed by atoms with E-state index in [-0.39, 0.29) is 5.75 Å². The van der Waals surface area contributed by atoms with Gasteiger partial charge in [0.2, 0.25) is 16.0 Å². The first kappa shape index (κ1) is 18.9. The third-order valence-electron chi connectivity index (χ3n) is 4.06. The highest BCUT2D eigenvalue weighted by molar-refractivity contribution is 7.91. The molecule has 0 saturated carbocycles. The van der Waals surface area contributed by atoms with Crippen LogP contribution in [-0.4, -0.2) is 44.7 Å². The van der Waals surface area contributed by atoms with E-state index >= 15 is 0 Å². The van der Waals surface area contributed by atoms with Crippen molar-refractivity contribution in [2.45, 2.75) is 19.6 Å². The number of rotatable bonds is 5. The van der Waals surface area contributed by atoms with E-state index in [1.54, 1.807) is 38.1 Å². The lowest BCUT2D eigenvalue weighted by molar-refractivity contribution is 0.122. The summed E-state index contributed by atoms with van der Waals surface area (Å²) in [7, 11) is -3.61. The molecule has 1 aromatic carbocycles. The Hall–Kier alpha value is -1.90. The summed E-state index contributed by atoms with van der Waals surface area (Å²) in [6.07, 6.45) is 0. The first-order valence-corrected chi connectivity index (χ1v) is 10.3. The second kappa shape index (κ2) is 7.77. The van der Waals surface area contributed by atoms with Crippen LogP contribution in [-0.2, 0) is 20.5 Å². The van der Waals surface area contributed by atoms with Gasteiger partial charge in [-0.2, -0.15) is 0 Å². The Bertz CT molecular complexity index is 876. The van der Waals surface area contributed by atoms with Gasteiger partial charge in [0.25, 0.3) is 0 Å². The van der Waals surface area contributed by atoms with Gasteiger partial charge in [0, 0.05) is 18.1 Å². The molecule has 0 spiro atoms. The van der Waals surface area contributed by atoms with Crippen LogP contribution >= 0.6 is 11.6 Å². The van der Waals surface area contributed by atoms with E-state index in [4.69, 9.17) is 16.3 Å². The van der Waals surface area contributed by atoms with Gasteiger partial charge in [0.15, 0.2) is 0 Å². The van der Waals surface area contributed by atoms with Crippen LogP contribution in [0.3, 0.4) is 0 Å². The fourth-order valence-electron chi connectivity index (χ4n) is 2.79. The molecule has 2 aromatic rings. The van der Waals surface area contributed by atoms with Crippen molar-refractivity contribution < 1.29 is 13.2 Å². The lowest BCUT2D eigenvalue weighted by Gasteiger charge is -2.27. The van der Waals surface area contributed by atoms with E-state index in [0.717, 1.165) is 13.1 Å². The quantitative estimate of drug-likeness (QED) is 0.835. The van der Waals surface area contributed by atoms with E-state index < -0.39 is 10.0 Å².